The Bertz CT molecular complexity index is 716. The maximum Gasteiger partial charge on any atom is 0.0948 e. The first kappa shape index (κ1) is 21.8. The van der Waals surface area contributed by atoms with Gasteiger partial charge in [-0.05, 0) is 67.2 Å². The molecule has 1 atom stereocenters. The summed E-state index contributed by atoms with van der Waals surface area (Å²) in [5.74, 6) is 1.75. The van der Waals surface area contributed by atoms with Crippen molar-refractivity contribution >= 4 is 28.3 Å². The topological polar surface area (TPSA) is 23.5 Å². The fourth-order valence-corrected chi connectivity index (χ4v) is 5.22. The first-order valence-electron chi connectivity index (χ1n) is 10.4. The Morgan fingerprint density at radius 3 is 2.04 bits per heavy atom. The summed E-state index contributed by atoms with van der Waals surface area (Å²) in [6.45, 7) is 3.42. The SMILES string of the molecule is Cl.OC(CCN1CC2CCC(CC2)C1)(Cc1ccccc1)c1ccc(Br)cc1. The molecule has 2 bridgehead atoms. The van der Waals surface area contributed by atoms with Crippen LogP contribution in [0.25, 0.3) is 0 Å². The highest BCUT2D eigenvalue weighted by atomic mass is 79.9. The Hall–Kier alpha value is -0.870. The molecular formula is C24H31BrClNO. The first-order valence-corrected chi connectivity index (χ1v) is 11.1. The molecule has 0 aromatic heterocycles. The fraction of sp³-hybridized carbons (Fsp3) is 0.500. The second kappa shape index (κ2) is 9.75. The van der Waals surface area contributed by atoms with Crippen LogP contribution in [0, 0.1) is 11.8 Å². The Kier molecular flexibility index (Phi) is 7.60. The molecule has 28 heavy (non-hydrogen) atoms. The first-order chi connectivity index (χ1) is 13.1. The number of benzene rings is 2. The van der Waals surface area contributed by atoms with Crippen molar-refractivity contribution in [1.82, 2.24) is 4.90 Å². The number of halogens is 2. The molecule has 2 nitrogen and oxygen atoms in total. The highest BCUT2D eigenvalue weighted by Crippen LogP contribution is 2.35. The summed E-state index contributed by atoms with van der Waals surface area (Å²) >= 11 is 3.52. The molecule has 152 valence electrons. The number of hydrogen-bond donors (Lipinski definition) is 1. The maximum atomic E-state index is 11.7. The molecule has 4 heteroatoms. The lowest BCUT2D eigenvalue weighted by atomic mass is 9.84. The van der Waals surface area contributed by atoms with E-state index in [4.69, 9.17) is 0 Å². The van der Waals surface area contributed by atoms with Gasteiger partial charge in [-0.1, -0.05) is 58.4 Å². The van der Waals surface area contributed by atoms with Crippen molar-refractivity contribution in [1.29, 1.82) is 0 Å². The Balaban J connectivity index is 0.00000225. The van der Waals surface area contributed by atoms with Crippen molar-refractivity contribution in [3.05, 3.63) is 70.2 Å². The van der Waals surface area contributed by atoms with Crippen molar-refractivity contribution in [2.75, 3.05) is 19.6 Å². The van der Waals surface area contributed by atoms with Crippen LogP contribution in [0.2, 0.25) is 0 Å². The monoisotopic (exact) mass is 463 g/mol. The van der Waals surface area contributed by atoms with E-state index in [1.807, 2.05) is 18.2 Å². The predicted molar refractivity (Wildman–Crippen MR) is 122 cm³/mol. The second-order valence-corrected chi connectivity index (χ2v) is 9.51. The van der Waals surface area contributed by atoms with Crippen molar-refractivity contribution in [3.8, 4) is 0 Å². The van der Waals surface area contributed by atoms with Crippen LogP contribution in [0.4, 0.5) is 0 Å². The molecule has 0 spiro atoms. The molecule has 1 saturated carbocycles. The molecule has 2 aromatic carbocycles. The summed E-state index contributed by atoms with van der Waals surface area (Å²) in [5, 5.41) is 11.7. The zero-order valence-electron chi connectivity index (χ0n) is 16.4. The highest BCUT2D eigenvalue weighted by molar-refractivity contribution is 9.10. The van der Waals surface area contributed by atoms with Crippen LogP contribution < -0.4 is 0 Å². The van der Waals surface area contributed by atoms with E-state index in [1.165, 1.54) is 44.3 Å². The number of nitrogens with zero attached hydrogens (tertiary/aromatic N) is 1. The minimum absolute atomic E-state index is 0. The summed E-state index contributed by atoms with van der Waals surface area (Å²) in [4.78, 5) is 2.63. The van der Waals surface area contributed by atoms with Crippen LogP contribution >= 0.6 is 28.3 Å². The minimum atomic E-state index is -0.826. The fourth-order valence-electron chi connectivity index (χ4n) is 4.96. The third-order valence-electron chi connectivity index (χ3n) is 6.56. The van der Waals surface area contributed by atoms with E-state index in [9.17, 15) is 5.11 Å². The third kappa shape index (κ3) is 5.38. The highest BCUT2D eigenvalue weighted by Gasteiger charge is 2.33. The van der Waals surface area contributed by atoms with Gasteiger partial charge >= 0.3 is 0 Å². The zero-order chi connectivity index (χ0) is 18.7. The van der Waals surface area contributed by atoms with Gasteiger partial charge in [0.05, 0.1) is 5.60 Å². The molecule has 2 heterocycles. The van der Waals surface area contributed by atoms with Crippen LogP contribution in [-0.2, 0) is 12.0 Å². The molecule has 1 N–H and O–H groups in total. The maximum absolute atomic E-state index is 11.7. The van der Waals surface area contributed by atoms with Gasteiger partial charge < -0.3 is 10.0 Å². The van der Waals surface area contributed by atoms with Gasteiger partial charge in [0, 0.05) is 30.5 Å². The smallest absolute Gasteiger partial charge is 0.0948 e. The summed E-state index contributed by atoms with van der Waals surface area (Å²) in [5.41, 5.74) is 1.39. The van der Waals surface area contributed by atoms with Gasteiger partial charge in [0.1, 0.15) is 0 Å². The summed E-state index contributed by atoms with van der Waals surface area (Å²) < 4.78 is 1.05. The lowest BCUT2D eigenvalue weighted by Crippen LogP contribution is -2.37. The molecule has 5 rings (SSSR count). The van der Waals surface area contributed by atoms with Crippen LogP contribution in [-0.4, -0.2) is 29.6 Å². The number of hydrogen-bond acceptors (Lipinski definition) is 2. The number of fused-ring (bicyclic) bond motifs is 4. The molecule has 2 aliphatic heterocycles. The van der Waals surface area contributed by atoms with Gasteiger partial charge in [-0.25, -0.2) is 0 Å². The van der Waals surface area contributed by atoms with Crippen molar-refractivity contribution in [2.24, 2.45) is 11.8 Å². The van der Waals surface area contributed by atoms with Gasteiger partial charge in [0.25, 0.3) is 0 Å². The molecular weight excluding hydrogens is 434 g/mol. The molecule has 0 radical (unpaired) electrons. The van der Waals surface area contributed by atoms with Crippen LogP contribution in [0.5, 0.6) is 0 Å². The van der Waals surface area contributed by atoms with E-state index >= 15 is 0 Å². The predicted octanol–water partition coefficient (Wildman–Crippen LogP) is 5.81. The Morgan fingerprint density at radius 2 is 1.46 bits per heavy atom. The van der Waals surface area contributed by atoms with E-state index < -0.39 is 5.60 Å². The zero-order valence-corrected chi connectivity index (χ0v) is 18.8. The quantitative estimate of drug-likeness (QED) is 0.583. The lowest BCUT2D eigenvalue weighted by Gasteiger charge is -2.32. The van der Waals surface area contributed by atoms with E-state index in [0.29, 0.717) is 6.42 Å². The molecule has 3 aliphatic rings. The average molecular weight is 465 g/mol. The second-order valence-electron chi connectivity index (χ2n) is 8.60. The van der Waals surface area contributed by atoms with Crippen molar-refractivity contribution < 1.29 is 5.11 Å². The van der Waals surface area contributed by atoms with Crippen LogP contribution in [0.1, 0.15) is 43.2 Å². The average Bonchev–Trinajstić information content (AvgIpc) is 3.01. The van der Waals surface area contributed by atoms with Gasteiger partial charge in [-0.3, -0.25) is 0 Å². The van der Waals surface area contributed by atoms with Crippen molar-refractivity contribution in [3.63, 3.8) is 0 Å². The molecule has 3 fully saturated rings. The van der Waals surface area contributed by atoms with E-state index in [2.05, 4.69) is 57.2 Å². The standard InChI is InChI=1S/C24H30BrNO.ClH/c25-23-12-10-22(11-13-23)24(27,16-19-4-2-1-3-5-19)14-15-26-17-20-6-7-21(18-26)9-8-20;/h1-5,10-13,20-21,27H,6-9,14-18H2;1H. The molecule has 0 amide bonds. The van der Waals surface area contributed by atoms with Gasteiger partial charge in [0.2, 0.25) is 0 Å². The number of aliphatic hydroxyl groups is 1. The summed E-state index contributed by atoms with van der Waals surface area (Å²) in [6.07, 6.45) is 7.06. The van der Waals surface area contributed by atoms with Gasteiger partial charge in [-0.15, -0.1) is 12.4 Å². The van der Waals surface area contributed by atoms with Crippen LogP contribution in [0.15, 0.2) is 59.1 Å². The molecule has 1 aliphatic carbocycles. The van der Waals surface area contributed by atoms with Gasteiger partial charge in [0.15, 0.2) is 0 Å². The van der Waals surface area contributed by atoms with Crippen molar-refractivity contribution in [2.45, 2.75) is 44.1 Å². The largest absolute Gasteiger partial charge is 0.385 e. The normalized spacial score (nSPS) is 24.2. The summed E-state index contributed by atoms with van der Waals surface area (Å²) in [6, 6.07) is 18.6. The molecule has 2 saturated heterocycles. The van der Waals surface area contributed by atoms with E-state index in [-0.39, 0.29) is 12.4 Å². The van der Waals surface area contributed by atoms with E-state index in [1.54, 1.807) is 0 Å². The third-order valence-corrected chi connectivity index (χ3v) is 7.09. The number of rotatable bonds is 6. The Labute approximate surface area is 183 Å². The summed E-state index contributed by atoms with van der Waals surface area (Å²) in [7, 11) is 0. The van der Waals surface area contributed by atoms with Crippen LogP contribution in [0.3, 0.4) is 0 Å². The van der Waals surface area contributed by atoms with E-state index in [0.717, 1.165) is 34.8 Å². The molecule has 2 aromatic rings. The lowest BCUT2D eigenvalue weighted by molar-refractivity contribution is 0.0163. The van der Waals surface area contributed by atoms with Gasteiger partial charge in [-0.2, -0.15) is 0 Å². The Morgan fingerprint density at radius 1 is 0.893 bits per heavy atom. The molecule has 1 unspecified atom stereocenters. The minimum Gasteiger partial charge on any atom is -0.385 e.